The van der Waals surface area contributed by atoms with E-state index in [0.29, 0.717) is 6.04 Å². The second-order valence-corrected chi connectivity index (χ2v) is 8.98. The number of hydrogen-bond donors (Lipinski definition) is 2. The van der Waals surface area contributed by atoms with Crippen LogP contribution >= 0.6 is 0 Å². The zero-order valence-corrected chi connectivity index (χ0v) is 18.2. The second kappa shape index (κ2) is 7.74. The number of hydrogen-bond acceptors (Lipinski definition) is 5. The fourth-order valence-corrected chi connectivity index (χ4v) is 5.30. The highest BCUT2D eigenvalue weighted by Crippen LogP contribution is 2.39. The summed E-state index contributed by atoms with van der Waals surface area (Å²) < 4.78 is 7.75. The van der Waals surface area contributed by atoms with Crippen molar-refractivity contribution in [2.24, 2.45) is 0 Å². The van der Waals surface area contributed by atoms with Crippen LogP contribution in [-0.4, -0.2) is 43.3 Å². The highest BCUT2D eigenvalue weighted by molar-refractivity contribution is 5.92. The summed E-state index contributed by atoms with van der Waals surface area (Å²) in [5.74, 6) is 0.754. The number of methoxy groups -OCH3 is 1. The van der Waals surface area contributed by atoms with E-state index in [1.165, 1.54) is 17.5 Å². The predicted octanol–water partition coefficient (Wildman–Crippen LogP) is 4.46. The van der Waals surface area contributed by atoms with E-state index >= 15 is 0 Å². The molecule has 6 rings (SSSR count). The summed E-state index contributed by atoms with van der Waals surface area (Å²) in [7, 11) is 1.69. The van der Waals surface area contributed by atoms with Crippen molar-refractivity contribution < 1.29 is 9.84 Å². The minimum Gasteiger partial charge on any atom is -0.494 e. The molecule has 7 heteroatoms. The molecule has 1 fully saturated rings. The van der Waals surface area contributed by atoms with Crippen molar-refractivity contribution in [1.82, 2.24) is 25.0 Å². The van der Waals surface area contributed by atoms with Gasteiger partial charge in [0.2, 0.25) is 0 Å². The molecule has 4 aromatic rings. The van der Waals surface area contributed by atoms with Crippen LogP contribution in [0.25, 0.3) is 33.5 Å². The summed E-state index contributed by atoms with van der Waals surface area (Å²) in [4.78, 5) is 5.07. The van der Waals surface area contributed by atoms with Crippen LogP contribution in [0.15, 0.2) is 36.7 Å². The van der Waals surface area contributed by atoms with Gasteiger partial charge in [0.05, 0.1) is 31.0 Å². The van der Waals surface area contributed by atoms with Gasteiger partial charge in [0.25, 0.3) is 0 Å². The molecular weight excluding hydrogens is 402 g/mol. The van der Waals surface area contributed by atoms with E-state index in [1.807, 2.05) is 16.9 Å². The molecule has 0 unspecified atom stereocenters. The van der Waals surface area contributed by atoms with Crippen molar-refractivity contribution >= 4 is 11.0 Å². The van der Waals surface area contributed by atoms with Gasteiger partial charge in [0.1, 0.15) is 22.7 Å². The zero-order valence-electron chi connectivity index (χ0n) is 18.2. The number of nitrogens with zero attached hydrogens (tertiary/aromatic N) is 4. The van der Waals surface area contributed by atoms with E-state index < -0.39 is 0 Å². The summed E-state index contributed by atoms with van der Waals surface area (Å²) in [6.45, 7) is 0. The Kier molecular flexibility index (Phi) is 4.72. The van der Waals surface area contributed by atoms with Crippen LogP contribution in [-0.2, 0) is 12.8 Å². The molecule has 32 heavy (non-hydrogen) atoms. The normalized spacial score (nSPS) is 20.6. The number of aromatic amines is 1. The van der Waals surface area contributed by atoms with Gasteiger partial charge in [-0.15, -0.1) is 0 Å². The quantitative estimate of drug-likeness (QED) is 0.500. The third-order valence-corrected chi connectivity index (χ3v) is 7.04. The number of pyridine rings is 1. The van der Waals surface area contributed by atoms with E-state index in [0.717, 1.165) is 77.8 Å². The number of H-pyrrole nitrogens is 1. The molecule has 2 aliphatic carbocycles. The SMILES string of the molecule is COc1cc2[nH]nc(-c3cnn([C@H]4CC[C@H](O)CC4)c3)c2nc1-c1cccc2c1CCC2. The largest absolute Gasteiger partial charge is 0.494 e. The van der Waals surface area contributed by atoms with E-state index in [2.05, 4.69) is 39.7 Å². The van der Waals surface area contributed by atoms with Gasteiger partial charge in [-0.25, -0.2) is 4.98 Å². The van der Waals surface area contributed by atoms with Crippen LogP contribution < -0.4 is 4.74 Å². The van der Waals surface area contributed by atoms with Crippen LogP contribution in [0.1, 0.15) is 49.3 Å². The number of fused-ring (bicyclic) bond motifs is 2. The molecule has 0 atom stereocenters. The molecule has 164 valence electrons. The third-order valence-electron chi connectivity index (χ3n) is 7.04. The number of aliphatic hydroxyl groups excluding tert-OH is 1. The monoisotopic (exact) mass is 429 g/mol. The maximum atomic E-state index is 9.81. The van der Waals surface area contributed by atoms with Crippen molar-refractivity contribution in [2.75, 3.05) is 7.11 Å². The smallest absolute Gasteiger partial charge is 0.147 e. The Bertz CT molecular complexity index is 1280. The average molecular weight is 430 g/mol. The molecule has 3 heterocycles. The number of aromatic nitrogens is 5. The first-order valence-electron chi connectivity index (χ1n) is 11.5. The van der Waals surface area contributed by atoms with Crippen molar-refractivity contribution in [2.45, 2.75) is 57.1 Å². The minimum atomic E-state index is -0.173. The van der Waals surface area contributed by atoms with E-state index in [9.17, 15) is 5.11 Å². The Balaban J connectivity index is 1.42. The molecule has 2 aliphatic rings. The molecule has 7 nitrogen and oxygen atoms in total. The molecule has 0 bridgehead atoms. The van der Waals surface area contributed by atoms with Crippen molar-refractivity contribution in [3.63, 3.8) is 0 Å². The molecule has 0 amide bonds. The molecule has 2 N–H and O–H groups in total. The molecule has 0 radical (unpaired) electrons. The maximum Gasteiger partial charge on any atom is 0.147 e. The van der Waals surface area contributed by atoms with Gasteiger partial charge < -0.3 is 9.84 Å². The van der Waals surface area contributed by atoms with Gasteiger partial charge in [-0.3, -0.25) is 9.78 Å². The summed E-state index contributed by atoms with van der Waals surface area (Å²) in [6.07, 6.45) is 10.7. The van der Waals surface area contributed by atoms with Crippen LogP contribution in [0.5, 0.6) is 5.75 Å². The molecule has 3 aromatic heterocycles. The molecular formula is C25H27N5O2. The number of aliphatic hydroxyl groups is 1. The lowest BCUT2D eigenvalue weighted by atomic mass is 9.93. The van der Waals surface area contributed by atoms with Crippen LogP contribution in [0.2, 0.25) is 0 Å². The predicted molar refractivity (Wildman–Crippen MR) is 123 cm³/mol. The number of rotatable bonds is 4. The Morgan fingerprint density at radius 3 is 2.84 bits per heavy atom. The van der Waals surface area contributed by atoms with Crippen molar-refractivity contribution in [3.05, 3.63) is 47.8 Å². The first-order chi connectivity index (χ1) is 15.7. The zero-order chi connectivity index (χ0) is 21.7. The molecule has 0 aliphatic heterocycles. The first-order valence-corrected chi connectivity index (χ1v) is 11.5. The van der Waals surface area contributed by atoms with Crippen molar-refractivity contribution in [1.29, 1.82) is 0 Å². The second-order valence-electron chi connectivity index (χ2n) is 8.98. The average Bonchev–Trinajstić information content (AvgIpc) is 3.57. The number of ether oxygens (including phenoxy) is 1. The van der Waals surface area contributed by atoms with Gasteiger partial charge in [0.15, 0.2) is 0 Å². The van der Waals surface area contributed by atoms with E-state index in [4.69, 9.17) is 9.72 Å². The standard InChI is InChI=1S/C25H27N5O2/c1-32-22-12-21-25(27-24(22)20-7-3-5-15-4-2-6-19(15)20)23(29-28-21)16-13-26-30(14-16)17-8-10-18(31)11-9-17/h3,5,7,12-14,17-18,31H,2,4,6,8-11H2,1H3,(H,28,29)/t17-,18-. The fraction of sp³-hybridized carbons (Fsp3) is 0.400. The highest BCUT2D eigenvalue weighted by Gasteiger charge is 2.24. The molecule has 1 aromatic carbocycles. The Labute approximate surface area is 186 Å². The summed E-state index contributed by atoms with van der Waals surface area (Å²) >= 11 is 0. The van der Waals surface area contributed by atoms with E-state index in [1.54, 1.807) is 7.11 Å². The summed E-state index contributed by atoms with van der Waals surface area (Å²) in [6, 6.07) is 8.81. The molecule has 0 spiro atoms. The topological polar surface area (TPSA) is 88.8 Å². The molecule has 0 saturated heterocycles. The van der Waals surface area contributed by atoms with Gasteiger partial charge in [0, 0.05) is 23.4 Å². The fourth-order valence-electron chi connectivity index (χ4n) is 5.30. The first kappa shape index (κ1) is 19.5. The van der Waals surface area contributed by atoms with Gasteiger partial charge in [-0.05, 0) is 56.1 Å². The van der Waals surface area contributed by atoms with Crippen molar-refractivity contribution in [3.8, 4) is 28.3 Å². The number of aryl methyl sites for hydroxylation is 1. The minimum absolute atomic E-state index is 0.173. The third kappa shape index (κ3) is 3.19. The number of benzene rings is 1. The highest BCUT2D eigenvalue weighted by atomic mass is 16.5. The lowest BCUT2D eigenvalue weighted by Gasteiger charge is -2.25. The van der Waals surface area contributed by atoms with E-state index in [-0.39, 0.29) is 6.10 Å². The maximum absolute atomic E-state index is 9.81. The van der Waals surface area contributed by atoms with Crippen LogP contribution in [0.4, 0.5) is 0 Å². The molecule has 1 saturated carbocycles. The lowest BCUT2D eigenvalue weighted by molar-refractivity contribution is 0.108. The van der Waals surface area contributed by atoms with Gasteiger partial charge in [-0.2, -0.15) is 10.2 Å². The lowest BCUT2D eigenvalue weighted by Crippen LogP contribution is -2.21. The van der Waals surface area contributed by atoms with Crippen LogP contribution in [0, 0.1) is 0 Å². The Hall–Kier alpha value is -3.19. The Morgan fingerprint density at radius 2 is 2.00 bits per heavy atom. The summed E-state index contributed by atoms with van der Waals surface area (Å²) in [5, 5.41) is 22.1. The van der Waals surface area contributed by atoms with Crippen LogP contribution in [0.3, 0.4) is 0 Å². The summed E-state index contributed by atoms with van der Waals surface area (Å²) in [5.41, 5.74) is 8.25. The van der Waals surface area contributed by atoms with Gasteiger partial charge >= 0.3 is 0 Å². The number of nitrogens with one attached hydrogen (secondary N) is 1. The Morgan fingerprint density at radius 1 is 1.12 bits per heavy atom. The van der Waals surface area contributed by atoms with Gasteiger partial charge in [-0.1, -0.05) is 18.2 Å².